The van der Waals surface area contributed by atoms with E-state index in [4.69, 9.17) is 4.74 Å². The maximum absolute atomic E-state index is 13.3. The minimum absolute atomic E-state index is 0.0609. The van der Waals surface area contributed by atoms with Gasteiger partial charge in [0.05, 0.1) is 12.0 Å². The van der Waals surface area contributed by atoms with Gasteiger partial charge in [-0.05, 0) is 37.6 Å². The molecule has 2 aromatic rings. The van der Waals surface area contributed by atoms with E-state index in [1.807, 2.05) is 0 Å². The summed E-state index contributed by atoms with van der Waals surface area (Å²) in [6.07, 6.45) is 0. The van der Waals surface area contributed by atoms with Crippen LogP contribution in [0.3, 0.4) is 0 Å². The van der Waals surface area contributed by atoms with Gasteiger partial charge in [0.25, 0.3) is 0 Å². The molecular weight excluding hydrogens is 305 g/mol. The monoisotopic (exact) mass is 323 g/mol. The van der Waals surface area contributed by atoms with Crippen LogP contribution in [0.5, 0.6) is 5.75 Å². The van der Waals surface area contributed by atoms with Crippen molar-refractivity contribution in [3.63, 3.8) is 0 Å². The third kappa shape index (κ3) is 3.45. The molecule has 0 saturated heterocycles. The molecule has 2 rings (SSSR count). The van der Waals surface area contributed by atoms with Crippen molar-refractivity contribution < 1.29 is 17.5 Å². The van der Waals surface area contributed by atoms with Crippen molar-refractivity contribution >= 4 is 10.0 Å². The van der Waals surface area contributed by atoms with Crippen molar-refractivity contribution in [1.29, 1.82) is 0 Å². The van der Waals surface area contributed by atoms with Gasteiger partial charge in [-0.25, -0.2) is 17.5 Å². The zero-order chi connectivity index (χ0) is 16.3. The van der Waals surface area contributed by atoms with Gasteiger partial charge in [0.1, 0.15) is 11.6 Å². The van der Waals surface area contributed by atoms with Gasteiger partial charge in [-0.15, -0.1) is 0 Å². The molecule has 0 saturated carbocycles. The topological polar surface area (TPSA) is 55.4 Å². The summed E-state index contributed by atoms with van der Waals surface area (Å²) in [5, 5.41) is 0. The van der Waals surface area contributed by atoms with Gasteiger partial charge in [-0.2, -0.15) is 0 Å². The van der Waals surface area contributed by atoms with Crippen LogP contribution in [0.1, 0.15) is 24.1 Å². The lowest BCUT2D eigenvalue weighted by molar-refractivity contribution is 0.405. The van der Waals surface area contributed by atoms with Gasteiger partial charge < -0.3 is 4.74 Å². The average Bonchev–Trinajstić information content (AvgIpc) is 2.49. The first-order chi connectivity index (χ1) is 10.3. The van der Waals surface area contributed by atoms with Gasteiger partial charge in [-0.3, -0.25) is 0 Å². The lowest BCUT2D eigenvalue weighted by atomic mass is 10.1. The Morgan fingerprint density at radius 2 is 1.86 bits per heavy atom. The largest absolute Gasteiger partial charge is 0.496 e. The number of rotatable bonds is 5. The van der Waals surface area contributed by atoms with Gasteiger partial charge in [-0.1, -0.05) is 24.3 Å². The number of ether oxygens (including phenoxy) is 1. The second kappa shape index (κ2) is 6.46. The minimum Gasteiger partial charge on any atom is -0.496 e. The van der Waals surface area contributed by atoms with Crippen LogP contribution in [0.2, 0.25) is 0 Å². The van der Waals surface area contributed by atoms with Crippen LogP contribution in [-0.2, 0) is 10.0 Å². The molecule has 1 N–H and O–H groups in total. The fraction of sp³-hybridized carbons (Fsp3) is 0.250. The van der Waals surface area contributed by atoms with Gasteiger partial charge in [0.2, 0.25) is 10.0 Å². The molecule has 1 atom stereocenters. The Kier molecular flexibility index (Phi) is 4.83. The highest BCUT2D eigenvalue weighted by atomic mass is 32.2. The number of aryl methyl sites for hydroxylation is 1. The Labute approximate surface area is 130 Å². The van der Waals surface area contributed by atoms with Crippen LogP contribution in [-0.4, -0.2) is 15.5 Å². The smallest absolute Gasteiger partial charge is 0.241 e. The summed E-state index contributed by atoms with van der Waals surface area (Å²) >= 11 is 0. The Bertz CT molecular complexity index is 775. The number of para-hydroxylation sites is 1. The van der Waals surface area contributed by atoms with Crippen molar-refractivity contribution in [2.45, 2.75) is 24.8 Å². The van der Waals surface area contributed by atoms with Crippen LogP contribution >= 0.6 is 0 Å². The second-order valence-electron chi connectivity index (χ2n) is 4.99. The molecule has 6 heteroatoms. The van der Waals surface area contributed by atoms with Crippen molar-refractivity contribution in [2.75, 3.05) is 7.11 Å². The summed E-state index contributed by atoms with van der Waals surface area (Å²) in [4.78, 5) is -0.0609. The summed E-state index contributed by atoms with van der Waals surface area (Å²) in [5.74, 6) is 0.00424. The molecule has 0 aromatic heterocycles. The molecule has 0 amide bonds. The molecule has 0 bridgehead atoms. The molecule has 0 unspecified atom stereocenters. The maximum Gasteiger partial charge on any atom is 0.241 e. The summed E-state index contributed by atoms with van der Waals surface area (Å²) in [6.45, 7) is 3.34. The van der Waals surface area contributed by atoms with Crippen molar-refractivity contribution in [2.24, 2.45) is 0 Å². The van der Waals surface area contributed by atoms with Gasteiger partial charge in [0, 0.05) is 11.6 Å². The van der Waals surface area contributed by atoms with Gasteiger partial charge >= 0.3 is 0 Å². The zero-order valence-corrected chi connectivity index (χ0v) is 13.4. The SMILES string of the molecule is COc1ccccc1[C@@H](C)NS(=O)(=O)c1cc(F)ccc1C. The number of hydrogen-bond donors (Lipinski definition) is 1. The van der Waals surface area contributed by atoms with E-state index in [9.17, 15) is 12.8 Å². The maximum atomic E-state index is 13.3. The summed E-state index contributed by atoms with van der Waals surface area (Å²) in [7, 11) is -2.31. The van der Waals surface area contributed by atoms with E-state index in [0.717, 1.165) is 6.07 Å². The highest BCUT2D eigenvalue weighted by Crippen LogP contribution is 2.26. The summed E-state index contributed by atoms with van der Waals surface area (Å²) in [6, 6.07) is 10.3. The molecule has 0 aliphatic rings. The van der Waals surface area contributed by atoms with E-state index in [2.05, 4.69) is 4.72 Å². The van der Waals surface area contributed by atoms with E-state index in [0.29, 0.717) is 16.9 Å². The third-order valence-corrected chi connectivity index (χ3v) is 5.06. The molecule has 0 heterocycles. The Hall–Kier alpha value is -1.92. The normalized spacial score (nSPS) is 12.9. The third-order valence-electron chi connectivity index (χ3n) is 3.38. The molecule has 0 fully saturated rings. The van der Waals surface area contributed by atoms with Crippen LogP contribution in [0.15, 0.2) is 47.4 Å². The Morgan fingerprint density at radius 3 is 2.55 bits per heavy atom. The molecule has 4 nitrogen and oxygen atoms in total. The van der Waals surface area contributed by atoms with E-state index >= 15 is 0 Å². The van der Waals surface area contributed by atoms with Gasteiger partial charge in [0.15, 0.2) is 0 Å². The van der Waals surface area contributed by atoms with E-state index in [-0.39, 0.29) is 4.90 Å². The second-order valence-corrected chi connectivity index (χ2v) is 6.68. The first-order valence-electron chi connectivity index (χ1n) is 6.76. The number of sulfonamides is 1. The zero-order valence-electron chi connectivity index (χ0n) is 12.6. The molecule has 0 aliphatic carbocycles. The first kappa shape index (κ1) is 16.5. The molecule has 0 aliphatic heterocycles. The van der Waals surface area contributed by atoms with E-state index < -0.39 is 21.9 Å². The lowest BCUT2D eigenvalue weighted by Gasteiger charge is -2.18. The lowest BCUT2D eigenvalue weighted by Crippen LogP contribution is -2.27. The Morgan fingerprint density at radius 1 is 1.18 bits per heavy atom. The van der Waals surface area contributed by atoms with Crippen molar-refractivity contribution in [3.05, 3.63) is 59.4 Å². The number of benzene rings is 2. The summed E-state index contributed by atoms with van der Waals surface area (Å²) in [5.41, 5.74) is 1.20. The van der Waals surface area contributed by atoms with Crippen LogP contribution in [0, 0.1) is 12.7 Å². The predicted octanol–water partition coefficient (Wildman–Crippen LogP) is 3.18. The number of halogens is 1. The number of methoxy groups -OCH3 is 1. The number of hydrogen-bond acceptors (Lipinski definition) is 3. The van der Waals surface area contributed by atoms with E-state index in [1.165, 1.54) is 19.2 Å². The molecule has 118 valence electrons. The molecule has 22 heavy (non-hydrogen) atoms. The molecule has 0 radical (unpaired) electrons. The average molecular weight is 323 g/mol. The molecular formula is C16H18FNO3S. The van der Waals surface area contributed by atoms with Crippen molar-refractivity contribution in [3.8, 4) is 5.75 Å². The highest BCUT2D eigenvalue weighted by molar-refractivity contribution is 7.89. The van der Waals surface area contributed by atoms with Crippen LogP contribution < -0.4 is 9.46 Å². The Balaban J connectivity index is 2.34. The molecule has 2 aromatic carbocycles. The standard InChI is InChI=1S/C16H18FNO3S/c1-11-8-9-13(17)10-16(11)22(19,20)18-12(2)14-6-4-5-7-15(14)21-3/h4-10,12,18H,1-3H3/t12-/m1/s1. The minimum atomic E-state index is -3.83. The summed E-state index contributed by atoms with van der Waals surface area (Å²) < 4.78 is 46.1. The van der Waals surface area contributed by atoms with Crippen molar-refractivity contribution in [1.82, 2.24) is 4.72 Å². The highest BCUT2D eigenvalue weighted by Gasteiger charge is 2.22. The quantitative estimate of drug-likeness (QED) is 0.919. The predicted molar refractivity (Wildman–Crippen MR) is 82.9 cm³/mol. The number of nitrogens with one attached hydrogen (secondary N) is 1. The van der Waals surface area contributed by atoms with Crippen LogP contribution in [0.25, 0.3) is 0 Å². The fourth-order valence-electron chi connectivity index (χ4n) is 2.25. The van der Waals surface area contributed by atoms with Crippen LogP contribution in [0.4, 0.5) is 4.39 Å². The fourth-order valence-corrected chi connectivity index (χ4v) is 3.73. The molecule has 0 spiro atoms. The first-order valence-corrected chi connectivity index (χ1v) is 8.25. The van der Waals surface area contributed by atoms with E-state index in [1.54, 1.807) is 38.1 Å².